The molecule has 0 aliphatic rings. The average molecular weight is 713 g/mol. The molecule has 0 bridgehead atoms. The summed E-state index contributed by atoms with van der Waals surface area (Å²) in [6, 6.07) is 69.7. The third-order valence-electron chi connectivity index (χ3n) is 11.4. The normalized spacial score (nSPS) is 11.9. The van der Waals surface area contributed by atoms with Gasteiger partial charge in [0, 0.05) is 44.0 Å². The third kappa shape index (κ3) is 4.66. The molecule has 12 aromatic rings. The van der Waals surface area contributed by atoms with Crippen molar-refractivity contribution in [2.75, 3.05) is 0 Å². The summed E-state index contributed by atoms with van der Waals surface area (Å²) in [6.07, 6.45) is 0. The van der Waals surface area contributed by atoms with E-state index in [-0.39, 0.29) is 0 Å². The highest BCUT2D eigenvalue weighted by Crippen LogP contribution is 2.40. The number of aromatic nitrogens is 4. The molecular weight excluding hydrogens is 681 g/mol. The topological polar surface area (TPSA) is 35.6 Å². The number of benzene rings is 9. The molecule has 56 heavy (non-hydrogen) atoms. The highest BCUT2D eigenvalue weighted by atomic mass is 15.0. The van der Waals surface area contributed by atoms with E-state index in [2.05, 4.69) is 173 Å². The Morgan fingerprint density at radius 3 is 1.38 bits per heavy atom. The Morgan fingerprint density at radius 1 is 0.286 bits per heavy atom. The van der Waals surface area contributed by atoms with Gasteiger partial charge in [-0.1, -0.05) is 121 Å². The van der Waals surface area contributed by atoms with Crippen LogP contribution in [-0.4, -0.2) is 19.1 Å². The summed E-state index contributed by atoms with van der Waals surface area (Å²) < 4.78 is 4.85. The first kappa shape index (κ1) is 30.9. The molecule has 0 N–H and O–H groups in total. The lowest BCUT2D eigenvalue weighted by Gasteiger charge is -2.13. The van der Waals surface area contributed by atoms with Crippen LogP contribution in [0.2, 0.25) is 0 Å². The van der Waals surface area contributed by atoms with Gasteiger partial charge >= 0.3 is 0 Å². The van der Waals surface area contributed by atoms with E-state index in [1.807, 2.05) is 30.3 Å². The zero-order valence-corrected chi connectivity index (χ0v) is 30.3. The minimum Gasteiger partial charge on any atom is -0.309 e. The molecular formula is C52H32N4. The van der Waals surface area contributed by atoms with Gasteiger partial charge in [-0.05, 0) is 94.3 Å². The van der Waals surface area contributed by atoms with Crippen LogP contribution in [-0.2, 0) is 0 Å². The molecule has 0 atom stereocenters. The summed E-state index contributed by atoms with van der Waals surface area (Å²) in [5.41, 5.74) is 12.6. The molecule has 4 nitrogen and oxygen atoms in total. The second-order valence-corrected chi connectivity index (χ2v) is 14.6. The van der Waals surface area contributed by atoms with Gasteiger partial charge in [0.25, 0.3) is 0 Å². The lowest BCUT2D eigenvalue weighted by molar-refractivity contribution is 1.17. The average Bonchev–Trinajstić information content (AvgIpc) is 3.75. The van der Waals surface area contributed by atoms with Crippen molar-refractivity contribution in [3.63, 3.8) is 0 Å². The Kier molecular flexibility index (Phi) is 6.60. The molecule has 9 aromatic carbocycles. The van der Waals surface area contributed by atoms with Crippen LogP contribution in [0.1, 0.15) is 0 Å². The first-order valence-corrected chi connectivity index (χ1v) is 19.1. The van der Waals surface area contributed by atoms with Crippen LogP contribution in [0.15, 0.2) is 194 Å². The molecule has 3 aromatic heterocycles. The summed E-state index contributed by atoms with van der Waals surface area (Å²) in [6.45, 7) is 0. The largest absolute Gasteiger partial charge is 0.309 e. The Hall–Kier alpha value is -7.56. The Balaban J connectivity index is 1.07. The molecule has 3 heterocycles. The molecule has 0 amide bonds. The zero-order chi connectivity index (χ0) is 36.7. The van der Waals surface area contributed by atoms with E-state index in [0.29, 0.717) is 0 Å². The van der Waals surface area contributed by atoms with Crippen molar-refractivity contribution >= 4 is 76.2 Å². The molecule has 4 heteroatoms. The maximum atomic E-state index is 5.17. The van der Waals surface area contributed by atoms with Gasteiger partial charge in [-0.2, -0.15) is 0 Å². The van der Waals surface area contributed by atoms with Crippen LogP contribution in [0, 0.1) is 0 Å². The van der Waals surface area contributed by atoms with Crippen LogP contribution < -0.4 is 0 Å². The summed E-state index contributed by atoms with van der Waals surface area (Å²) in [5.74, 6) is 0. The van der Waals surface area contributed by atoms with Gasteiger partial charge in [-0.25, -0.2) is 9.97 Å². The molecule has 12 rings (SSSR count). The van der Waals surface area contributed by atoms with E-state index in [1.54, 1.807) is 0 Å². The van der Waals surface area contributed by atoms with Gasteiger partial charge < -0.3 is 9.13 Å². The van der Waals surface area contributed by atoms with Crippen molar-refractivity contribution in [1.82, 2.24) is 19.1 Å². The molecule has 260 valence electrons. The zero-order valence-electron chi connectivity index (χ0n) is 30.3. The van der Waals surface area contributed by atoms with Gasteiger partial charge in [-0.15, -0.1) is 0 Å². The number of fused-ring (bicyclic) bond motifs is 9. The maximum Gasteiger partial charge on any atom is 0.0973 e. The molecule has 0 aliphatic heterocycles. The van der Waals surface area contributed by atoms with Gasteiger partial charge in [0.1, 0.15) is 0 Å². The van der Waals surface area contributed by atoms with Gasteiger partial charge in [0.2, 0.25) is 0 Å². The fourth-order valence-corrected chi connectivity index (χ4v) is 8.81. The predicted molar refractivity (Wildman–Crippen MR) is 234 cm³/mol. The molecule has 0 saturated carbocycles. The second kappa shape index (κ2) is 12.0. The van der Waals surface area contributed by atoms with E-state index in [9.17, 15) is 0 Å². The Labute approximate surface area is 322 Å². The first-order chi connectivity index (χ1) is 27.7. The molecule has 0 saturated heterocycles. The van der Waals surface area contributed by atoms with Gasteiger partial charge in [0.05, 0.1) is 44.5 Å². The molecule has 0 spiro atoms. The van der Waals surface area contributed by atoms with Crippen molar-refractivity contribution in [3.8, 4) is 33.9 Å². The summed E-state index contributed by atoms with van der Waals surface area (Å²) in [7, 11) is 0. The minimum absolute atomic E-state index is 0.873. The van der Waals surface area contributed by atoms with E-state index in [0.717, 1.165) is 50.4 Å². The van der Waals surface area contributed by atoms with Crippen molar-refractivity contribution in [1.29, 1.82) is 0 Å². The fraction of sp³-hybridized carbons (Fsp3) is 0. The minimum atomic E-state index is 0.873. The Morgan fingerprint density at radius 2 is 0.732 bits per heavy atom. The highest BCUT2D eigenvalue weighted by Gasteiger charge is 2.19. The van der Waals surface area contributed by atoms with Crippen LogP contribution in [0.5, 0.6) is 0 Å². The Bertz CT molecular complexity index is 3520. The van der Waals surface area contributed by atoms with Crippen molar-refractivity contribution in [3.05, 3.63) is 194 Å². The summed E-state index contributed by atoms with van der Waals surface area (Å²) >= 11 is 0. The van der Waals surface area contributed by atoms with Crippen LogP contribution >= 0.6 is 0 Å². The van der Waals surface area contributed by atoms with Gasteiger partial charge in [-0.3, -0.25) is 0 Å². The van der Waals surface area contributed by atoms with E-state index in [4.69, 9.17) is 9.97 Å². The number of hydrogen-bond donors (Lipinski definition) is 0. The number of hydrogen-bond acceptors (Lipinski definition) is 2. The molecule has 0 fully saturated rings. The van der Waals surface area contributed by atoms with Crippen LogP contribution in [0.4, 0.5) is 0 Å². The van der Waals surface area contributed by atoms with Crippen molar-refractivity contribution in [2.45, 2.75) is 0 Å². The van der Waals surface area contributed by atoms with E-state index < -0.39 is 0 Å². The highest BCUT2D eigenvalue weighted by molar-refractivity contribution is 6.16. The summed E-state index contributed by atoms with van der Waals surface area (Å²) in [4.78, 5) is 10.3. The van der Waals surface area contributed by atoms with E-state index in [1.165, 1.54) is 59.6 Å². The van der Waals surface area contributed by atoms with Crippen molar-refractivity contribution < 1.29 is 0 Å². The quantitative estimate of drug-likeness (QED) is 0.182. The number of rotatable bonds is 4. The fourth-order valence-electron chi connectivity index (χ4n) is 8.81. The van der Waals surface area contributed by atoms with E-state index >= 15 is 0 Å². The van der Waals surface area contributed by atoms with Crippen LogP contribution in [0.3, 0.4) is 0 Å². The first-order valence-electron chi connectivity index (χ1n) is 19.1. The standard InChI is InChI=1S/C52H32N4/c1-2-12-33(13-3-1)51-52(54-46-20-10-9-19-45(46)53-51)34-22-24-39(25-23-34)55-48-27-26-40(32-44(48)43-29-36-15-5-7-17-38(36)31-50(43)55)56-47-21-11-8-18-41(47)42-28-35-14-4-6-16-37(35)30-49(42)56/h1-32H. The number of nitrogens with zero attached hydrogens (tertiary/aromatic N) is 4. The molecule has 0 radical (unpaired) electrons. The predicted octanol–water partition coefficient (Wildman–Crippen LogP) is 13.5. The molecule has 0 aliphatic carbocycles. The monoisotopic (exact) mass is 712 g/mol. The number of para-hydroxylation sites is 3. The van der Waals surface area contributed by atoms with Gasteiger partial charge in [0.15, 0.2) is 0 Å². The van der Waals surface area contributed by atoms with Crippen LogP contribution in [0.25, 0.3) is 110 Å². The van der Waals surface area contributed by atoms with Crippen molar-refractivity contribution in [2.24, 2.45) is 0 Å². The lowest BCUT2D eigenvalue weighted by Crippen LogP contribution is -1.97. The smallest absolute Gasteiger partial charge is 0.0973 e. The second-order valence-electron chi connectivity index (χ2n) is 14.6. The third-order valence-corrected chi connectivity index (χ3v) is 11.4. The maximum absolute atomic E-state index is 5.17. The lowest BCUT2D eigenvalue weighted by atomic mass is 10.0. The molecule has 0 unspecified atom stereocenters. The SMILES string of the molecule is c1ccc(-c2nc3ccccc3nc2-c2ccc(-n3c4ccc(-n5c6ccccc6c6cc7ccccc7cc65)cc4c4cc5ccccc5cc43)cc2)cc1. The summed E-state index contributed by atoms with van der Waals surface area (Å²) in [5, 5.41) is 9.90.